The first kappa shape index (κ1) is 17.3. The molecule has 0 spiro atoms. The third-order valence-corrected chi connectivity index (χ3v) is 3.95. The van der Waals surface area contributed by atoms with E-state index >= 15 is 0 Å². The smallest absolute Gasteiger partial charge is 0.251 e. The van der Waals surface area contributed by atoms with E-state index in [0.717, 1.165) is 11.3 Å². The number of ether oxygens (including phenoxy) is 1. The Labute approximate surface area is 142 Å². The summed E-state index contributed by atoms with van der Waals surface area (Å²) in [4.78, 5) is 14.3. The van der Waals surface area contributed by atoms with Gasteiger partial charge in [-0.15, -0.1) is 0 Å². The molecule has 0 aliphatic rings. The SMILES string of the molecule is COC(CNC(=O)c1cccc(N(C)C)c1)c1ccccc1Cl. The number of hydrogen-bond donors (Lipinski definition) is 1. The summed E-state index contributed by atoms with van der Waals surface area (Å²) in [5, 5.41) is 3.53. The van der Waals surface area contributed by atoms with E-state index in [9.17, 15) is 4.79 Å². The fourth-order valence-corrected chi connectivity index (χ4v) is 2.53. The molecule has 0 radical (unpaired) electrons. The number of carbonyl (C=O) groups excluding carboxylic acids is 1. The van der Waals surface area contributed by atoms with E-state index in [1.807, 2.05) is 61.5 Å². The van der Waals surface area contributed by atoms with Crippen LogP contribution in [-0.2, 0) is 4.74 Å². The standard InChI is InChI=1S/C18H21ClN2O2/c1-21(2)14-8-6-7-13(11-14)18(22)20-12-17(23-3)15-9-4-5-10-16(15)19/h4-11,17H,12H2,1-3H3,(H,20,22). The van der Waals surface area contributed by atoms with E-state index in [1.165, 1.54) is 0 Å². The Bertz CT molecular complexity index is 674. The Hall–Kier alpha value is -2.04. The number of anilines is 1. The van der Waals surface area contributed by atoms with Crippen molar-refractivity contribution in [3.63, 3.8) is 0 Å². The molecular formula is C18H21ClN2O2. The molecule has 0 heterocycles. The predicted molar refractivity (Wildman–Crippen MR) is 94.3 cm³/mol. The van der Waals surface area contributed by atoms with Gasteiger partial charge in [0.25, 0.3) is 5.91 Å². The first-order chi connectivity index (χ1) is 11.0. The van der Waals surface area contributed by atoms with Gasteiger partial charge in [0.1, 0.15) is 6.10 Å². The first-order valence-corrected chi connectivity index (χ1v) is 7.73. The van der Waals surface area contributed by atoms with Crippen LogP contribution in [-0.4, -0.2) is 33.7 Å². The van der Waals surface area contributed by atoms with Crippen LogP contribution >= 0.6 is 11.6 Å². The van der Waals surface area contributed by atoms with Gasteiger partial charge in [0.15, 0.2) is 0 Å². The largest absolute Gasteiger partial charge is 0.378 e. The van der Waals surface area contributed by atoms with Gasteiger partial charge >= 0.3 is 0 Å². The van der Waals surface area contributed by atoms with E-state index < -0.39 is 0 Å². The average molecular weight is 333 g/mol. The highest BCUT2D eigenvalue weighted by Gasteiger charge is 2.15. The van der Waals surface area contributed by atoms with Gasteiger partial charge in [-0.2, -0.15) is 0 Å². The Balaban J connectivity index is 2.06. The highest BCUT2D eigenvalue weighted by atomic mass is 35.5. The number of rotatable bonds is 6. The van der Waals surface area contributed by atoms with E-state index in [2.05, 4.69) is 5.32 Å². The zero-order valence-electron chi connectivity index (χ0n) is 13.5. The summed E-state index contributed by atoms with van der Waals surface area (Å²) in [7, 11) is 5.48. The van der Waals surface area contributed by atoms with E-state index in [4.69, 9.17) is 16.3 Å². The van der Waals surface area contributed by atoms with Crippen LogP contribution in [0.25, 0.3) is 0 Å². The zero-order valence-corrected chi connectivity index (χ0v) is 14.3. The normalized spacial score (nSPS) is 11.8. The second-order valence-corrected chi connectivity index (χ2v) is 5.81. The number of hydrogen-bond acceptors (Lipinski definition) is 3. The minimum Gasteiger partial charge on any atom is -0.378 e. The molecule has 0 aliphatic carbocycles. The van der Waals surface area contributed by atoms with E-state index in [1.54, 1.807) is 13.2 Å². The van der Waals surface area contributed by atoms with Crippen molar-refractivity contribution in [2.45, 2.75) is 6.10 Å². The molecule has 1 atom stereocenters. The second kappa shape index (κ2) is 7.99. The van der Waals surface area contributed by atoms with Gasteiger partial charge in [0.05, 0.1) is 0 Å². The molecular weight excluding hydrogens is 312 g/mol. The fourth-order valence-electron chi connectivity index (χ4n) is 2.27. The van der Waals surface area contributed by atoms with Crippen molar-refractivity contribution >= 4 is 23.2 Å². The van der Waals surface area contributed by atoms with Crippen molar-refractivity contribution in [1.82, 2.24) is 5.32 Å². The van der Waals surface area contributed by atoms with Crippen LogP contribution in [0.3, 0.4) is 0 Å². The summed E-state index contributed by atoms with van der Waals surface area (Å²) in [6.45, 7) is 0.352. The maximum absolute atomic E-state index is 12.3. The molecule has 0 saturated carbocycles. The average Bonchev–Trinajstić information content (AvgIpc) is 2.56. The van der Waals surface area contributed by atoms with Gasteiger partial charge in [0.2, 0.25) is 0 Å². The maximum atomic E-state index is 12.3. The van der Waals surface area contributed by atoms with Crippen LogP contribution in [0.15, 0.2) is 48.5 Å². The molecule has 4 nitrogen and oxygen atoms in total. The Morgan fingerprint density at radius 3 is 2.61 bits per heavy atom. The lowest BCUT2D eigenvalue weighted by atomic mass is 10.1. The summed E-state index contributed by atoms with van der Waals surface area (Å²) < 4.78 is 5.46. The molecule has 5 heteroatoms. The van der Waals surface area contributed by atoms with Crippen molar-refractivity contribution in [1.29, 1.82) is 0 Å². The third-order valence-electron chi connectivity index (χ3n) is 3.61. The molecule has 2 aromatic rings. The van der Waals surface area contributed by atoms with Crippen LogP contribution in [0.1, 0.15) is 22.0 Å². The van der Waals surface area contributed by atoms with Crippen LogP contribution in [0.4, 0.5) is 5.69 Å². The van der Waals surface area contributed by atoms with Gasteiger partial charge in [-0.3, -0.25) is 4.79 Å². The topological polar surface area (TPSA) is 41.6 Å². The number of nitrogens with zero attached hydrogens (tertiary/aromatic N) is 1. The highest BCUT2D eigenvalue weighted by molar-refractivity contribution is 6.31. The van der Waals surface area contributed by atoms with Crippen LogP contribution in [0, 0.1) is 0 Å². The lowest BCUT2D eigenvalue weighted by molar-refractivity contribution is 0.0828. The van der Waals surface area contributed by atoms with Crippen molar-refractivity contribution in [2.24, 2.45) is 0 Å². The van der Waals surface area contributed by atoms with Crippen LogP contribution < -0.4 is 10.2 Å². The number of carbonyl (C=O) groups is 1. The minimum atomic E-state index is -0.287. The number of methoxy groups -OCH3 is 1. The molecule has 1 N–H and O–H groups in total. The molecule has 2 aromatic carbocycles. The molecule has 0 fully saturated rings. The highest BCUT2D eigenvalue weighted by Crippen LogP contribution is 2.24. The number of nitrogens with one attached hydrogen (secondary N) is 1. The van der Waals surface area contributed by atoms with Crippen molar-refractivity contribution in [3.05, 3.63) is 64.7 Å². The summed E-state index contributed by atoms with van der Waals surface area (Å²) in [5.41, 5.74) is 2.45. The number of amides is 1. The quantitative estimate of drug-likeness (QED) is 0.880. The zero-order chi connectivity index (χ0) is 16.8. The lowest BCUT2D eigenvalue weighted by Crippen LogP contribution is -2.29. The summed E-state index contributed by atoms with van der Waals surface area (Å²) >= 11 is 6.19. The Morgan fingerprint density at radius 1 is 1.22 bits per heavy atom. The lowest BCUT2D eigenvalue weighted by Gasteiger charge is -2.18. The Morgan fingerprint density at radius 2 is 1.96 bits per heavy atom. The summed E-state index contributed by atoms with van der Waals surface area (Å²) in [6, 6.07) is 14.9. The predicted octanol–water partition coefficient (Wildman–Crippen LogP) is 3.52. The molecule has 1 unspecified atom stereocenters. The molecule has 23 heavy (non-hydrogen) atoms. The van der Waals surface area contributed by atoms with Crippen molar-refractivity contribution in [2.75, 3.05) is 32.6 Å². The van der Waals surface area contributed by atoms with Crippen molar-refractivity contribution < 1.29 is 9.53 Å². The summed E-state index contributed by atoms with van der Waals surface area (Å²) in [6.07, 6.45) is -0.287. The van der Waals surface area contributed by atoms with Gasteiger partial charge in [-0.1, -0.05) is 35.9 Å². The van der Waals surface area contributed by atoms with Crippen LogP contribution in [0.2, 0.25) is 5.02 Å². The molecule has 0 bridgehead atoms. The fraction of sp³-hybridized carbons (Fsp3) is 0.278. The maximum Gasteiger partial charge on any atom is 0.251 e. The van der Waals surface area contributed by atoms with E-state index in [0.29, 0.717) is 17.1 Å². The minimum absolute atomic E-state index is 0.136. The second-order valence-electron chi connectivity index (χ2n) is 5.40. The molecule has 1 amide bonds. The van der Waals surface area contributed by atoms with Crippen LogP contribution in [0.5, 0.6) is 0 Å². The number of benzene rings is 2. The Kier molecular flexibility index (Phi) is 6.02. The molecule has 0 aromatic heterocycles. The molecule has 122 valence electrons. The van der Waals surface area contributed by atoms with Gasteiger partial charge in [-0.25, -0.2) is 0 Å². The van der Waals surface area contributed by atoms with Crippen molar-refractivity contribution in [3.8, 4) is 0 Å². The monoisotopic (exact) mass is 332 g/mol. The summed E-state index contributed by atoms with van der Waals surface area (Å²) in [5.74, 6) is -0.136. The van der Waals surface area contributed by atoms with Gasteiger partial charge in [0, 0.05) is 49.6 Å². The number of halogens is 1. The van der Waals surface area contributed by atoms with Gasteiger partial charge < -0.3 is 15.0 Å². The molecule has 2 rings (SSSR count). The molecule has 0 aliphatic heterocycles. The van der Waals surface area contributed by atoms with Gasteiger partial charge in [-0.05, 0) is 24.3 Å². The van der Waals surface area contributed by atoms with E-state index in [-0.39, 0.29) is 12.0 Å². The first-order valence-electron chi connectivity index (χ1n) is 7.35. The third kappa shape index (κ3) is 4.47. The molecule has 0 saturated heterocycles.